The van der Waals surface area contributed by atoms with Crippen LogP contribution in [0, 0.1) is 0 Å². The summed E-state index contributed by atoms with van der Waals surface area (Å²) < 4.78 is 30.4. The molecule has 0 aliphatic carbocycles. The van der Waals surface area contributed by atoms with Crippen molar-refractivity contribution < 1.29 is 13.6 Å². The molecule has 0 radical (unpaired) electrons. The zero-order valence-electron chi connectivity index (χ0n) is 13.3. The lowest BCUT2D eigenvalue weighted by Gasteiger charge is -2.40. The molecule has 24 heavy (non-hydrogen) atoms. The van der Waals surface area contributed by atoms with E-state index in [2.05, 4.69) is 6.58 Å². The number of hydrogen-bond acceptors (Lipinski definition) is 2. The fraction of sp³-hybridized carbons (Fsp3) is 0.250. The highest BCUT2D eigenvalue weighted by molar-refractivity contribution is 6.02. The molecule has 1 unspecified atom stereocenters. The fourth-order valence-corrected chi connectivity index (χ4v) is 3.31. The molecule has 1 aliphatic heterocycles. The Kier molecular flexibility index (Phi) is 4.58. The minimum atomic E-state index is -3.51. The van der Waals surface area contributed by atoms with Crippen LogP contribution in [0.2, 0.25) is 0 Å². The number of hydrogen-bond donors (Lipinski definition) is 0. The zero-order chi connectivity index (χ0) is 17.2. The quantitative estimate of drug-likeness (QED) is 0.603. The van der Waals surface area contributed by atoms with Crippen LogP contribution in [0.3, 0.4) is 0 Å². The Balaban J connectivity index is 2.05. The molecule has 2 aromatic carbocycles. The summed E-state index contributed by atoms with van der Waals surface area (Å²) in [5, 5.41) is 0. The molecule has 3 rings (SSSR count). The number of benzene rings is 2. The van der Waals surface area contributed by atoms with Crippen LogP contribution < -0.4 is 0 Å². The Labute approximate surface area is 140 Å². The average molecular weight is 327 g/mol. The van der Waals surface area contributed by atoms with Crippen molar-refractivity contribution in [2.75, 3.05) is 13.1 Å². The second-order valence-corrected chi connectivity index (χ2v) is 5.95. The molecule has 0 spiro atoms. The predicted molar refractivity (Wildman–Crippen MR) is 90.4 cm³/mol. The number of nitrogens with zero attached hydrogens (tertiary/aromatic N) is 1. The SMILES string of the molecule is C=CCN1CCc2ccccc2C1C(F)(F)C(=O)c1ccccc1. The first-order valence-electron chi connectivity index (χ1n) is 7.96. The third kappa shape index (κ3) is 2.89. The van der Waals surface area contributed by atoms with Crippen molar-refractivity contribution in [3.8, 4) is 0 Å². The summed E-state index contributed by atoms with van der Waals surface area (Å²) in [5.74, 6) is -4.65. The summed E-state index contributed by atoms with van der Waals surface area (Å²) in [5.41, 5.74) is 1.44. The normalized spacial score (nSPS) is 18.0. The third-order valence-electron chi connectivity index (χ3n) is 4.43. The Hall–Kier alpha value is -2.33. The van der Waals surface area contributed by atoms with Gasteiger partial charge in [0.25, 0.3) is 0 Å². The summed E-state index contributed by atoms with van der Waals surface area (Å²) in [6, 6.07) is 13.6. The third-order valence-corrected chi connectivity index (χ3v) is 4.43. The van der Waals surface area contributed by atoms with Gasteiger partial charge in [0.1, 0.15) is 6.04 Å². The van der Waals surface area contributed by atoms with Crippen LogP contribution >= 0.6 is 0 Å². The van der Waals surface area contributed by atoms with Crippen molar-refractivity contribution >= 4 is 5.78 Å². The van der Waals surface area contributed by atoms with E-state index in [9.17, 15) is 4.79 Å². The van der Waals surface area contributed by atoms with Crippen molar-refractivity contribution in [1.29, 1.82) is 0 Å². The number of ketones is 1. The zero-order valence-corrected chi connectivity index (χ0v) is 13.3. The van der Waals surface area contributed by atoms with E-state index in [1.54, 1.807) is 41.3 Å². The number of carbonyl (C=O) groups is 1. The lowest BCUT2D eigenvalue weighted by atomic mass is 9.86. The van der Waals surface area contributed by atoms with Gasteiger partial charge in [0.05, 0.1) is 0 Å². The van der Waals surface area contributed by atoms with Gasteiger partial charge in [-0.3, -0.25) is 9.69 Å². The molecule has 2 aromatic rings. The molecular formula is C20H19F2NO. The van der Waals surface area contributed by atoms with Gasteiger partial charge in [-0.1, -0.05) is 60.7 Å². The lowest BCUT2D eigenvalue weighted by molar-refractivity contribution is -0.0565. The molecule has 4 heteroatoms. The summed E-state index contributed by atoms with van der Waals surface area (Å²) >= 11 is 0. The molecule has 2 nitrogen and oxygen atoms in total. The van der Waals surface area contributed by atoms with Crippen LogP contribution in [-0.4, -0.2) is 29.7 Å². The molecular weight excluding hydrogens is 308 g/mol. The van der Waals surface area contributed by atoms with Gasteiger partial charge in [-0.25, -0.2) is 0 Å². The van der Waals surface area contributed by atoms with Gasteiger partial charge in [-0.05, 0) is 17.5 Å². The van der Waals surface area contributed by atoms with E-state index in [-0.39, 0.29) is 5.56 Å². The number of Topliss-reactive ketones (excluding diaryl/α,β-unsaturated/α-hetero) is 1. The van der Waals surface area contributed by atoms with Crippen LogP contribution in [0.5, 0.6) is 0 Å². The van der Waals surface area contributed by atoms with Crippen LogP contribution in [0.4, 0.5) is 8.78 Å². The van der Waals surface area contributed by atoms with Crippen molar-refractivity contribution in [2.45, 2.75) is 18.4 Å². The first kappa shape index (κ1) is 16.5. The summed E-state index contributed by atoms with van der Waals surface area (Å²) in [7, 11) is 0. The maximum Gasteiger partial charge on any atom is 0.328 e. The van der Waals surface area contributed by atoms with Crippen LogP contribution in [0.1, 0.15) is 27.5 Å². The lowest BCUT2D eigenvalue weighted by Crippen LogP contribution is -2.48. The van der Waals surface area contributed by atoms with E-state index in [1.807, 2.05) is 12.1 Å². The van der Waals surface area contributed by atoms with Gasteiger partial charge < -0.3 is 0 Å². The van der Waals surface area contributed by atoms with Gasteiger partial charge in [0.2, 0.25) is 5.78 Å². The van der Waals surface area contributed by atoms with E-state index in [1.165, 1.54) is 12.1 Å². The van der Waals surface area contributed by atoms with E-state index in [0.717, 1.165) is 5.56 Å². The second kappa shape index (κ2) is 6.65. The van der Waals surface area contributed by atoms with Crippen molar-refractivity contribution in [2.24, 2.45) is 0 Å². The Morgan fingerprint density at radius 2 is 1.83 bits per heavy atom. The number of alkyl halides is 2. The second-order valence-electron chi connectivity index (χ2n) is 5.95. The van der Waals surface area contributed by atoms with Crippen LogP contribution in [-0.2, 0) is 6.42 Å². The molecule has 0 saturated carbocycles. The number of fused-ring (bicyclic) bond motifs is 1. The minimum absolute atomic E-state index is 0.0316. The van der Waals surface area contributed by atoms with Crippen molar-refractivity contribution in [3.05, 3.63) is 83.9 Å². The topological polar surface area (TPSA) is 20.3 Å². The van der Waals surface area contributed by atoms with E-state index < -0.39 is 17.7 Å². The van der Waals surface area contributed by atoms with E-state index in [4.69, 9.17) is 0 Å². The van der Waals surface area contributed by atoms with Gasteiger partial charge in [0, 0.05) is 18.7 Å². The molecule has 1 aliphatic rings. The molecule has 1 heterocycles. The number of carbonyl (C=O) groups excluding carboxylic acids is 1. The van der Waals surface area contributed by atoms with Gasteiger partial charge in [-0.2, -0.15) is 8.78 Å². The highest BCUT2D eigenvalue weighted by Crippen LogP contribution is 2.42. The summed E-state index contributed by atoms with van der Waals surface area (Å²) in [6.07, 6.45) is 2.29. The molecule has 0 N–H and O–H groups in total. The largest absolute Gasteiger partial charge is 0.328 e. The fourth-order valence-electron chi connectivity index (χ4n) is 3.31. The standard InChI is InChI=1S/C20H19F2NO/c1-2-13-23-14-12-15-8-6-7-11-17(15)18(23)20(21,22)19(24)16-9-4-3-5-10-16/h2-11,18H,1,12-14H2. The first-order chi connectivity index (χ1) is 11.6. The maximum atomic E-state index is 15.2. The Bertz CT molecular complexity index is 742. The van der Waals surface area contributed by atoms with Gasteiger partial charge >= 0.3 is 5.92 Å². The smallest absolute Gasteiger partial charge is 0.287 e. The van der Waals surface area contributed by atoms with Crippen molar-refractivity contribution in [1.82, 2.24) is 4.90 Å². The molecule has 0 bridgehead atoms. The van der Waals surface area contributed by atoms with Crippen LogP contribution in [0.25, 0.3) is 0 Å². The molecule has 1 atom stereocenters. The maximum absolute atomic E-state index is 15.2. The predicted octanol–water partition coefficient (Wildman–Crippen LogP) is 4.29. The highest BCUT2D eigenvalue weighted by Gasteiger charge is 2.52. The average Bonchev–Trinajstić information content (AvgIpc) is 2.61. The van der Waals surface area contributed by atoms with Gasteiger partial charge in [-0.15, -0.1) is 6.58 Å². The van der Waals surface area contributed by atoms with E-state index >= 15 is 8.78 Å². The molecule has 0 fully saturated rings. The number of rotatable bonds is 5. The molecule has 0 saturated heterocycles. The molecule has 0 aromatic heterocycles. The molecule has 0 amide bonds. The summed E-state index contributed by atoms with van der Waals surface area (Å²) in [4.78, 5) is 14.2. The highest BCUT2D eigenvalue weighted by atomic mass is 19.3. The van der Waals surface area contributed by atoms with Crippen molar-refractivity contribution in [3.63, 3.8) is 0 Å². The van der Waals surface area contributed by atoms with E-state index in [0.29, 0.717) is 25.1 Å². The monoisotopic (exact) mass is 327 g/mol. The Morgan fingerprint density at radius 3 is 2.54 bits per heavy atom. The Morgan fingerprint density at radius 1 is 1.17 bits per heavy atom. The van der Waals surface area contributed by atoms with Crippen LogP contribution in [0.15, 0.2) is 67.3 Å². The molecule has 124 valence electrons. The number of halogens is 2. The minimum Gasteiger partial charge on any atom is -0.287 e. The first-order valence-corrected chi connectivity index (χ1v) is 7.96. The van der Waals surface area contributed by atoms with Gasteiger partial charge in [0.15, 0.2) is 0 Å². The summed E-state index contributed by atoms with van der Waals surface area (Å²) in [6.45, 7) is 4.45.